The summed E-state index contributed by atoms with van der Waals surface area (Å²) in [5, 5.41) is 3.10. The van der Waals surface area contributed by atoms with Gasteiger partial charge in [0.1, 0.15) is 5.75 Å². The molecule has 27 heavy (non-hydrogen) atoms. The van der Waals surface area contributed by atoms with Gasteiger partial charge < -0.3 is 4.74 Å². The van der Waals surface area contributed by atoms with Crippen LogP contribution in [0.4, 0.5) is 5.13 Å². The highest BCUT2D eigenvalue weighted by molar-refractivity contribution is 7.18. The topological polar surface area (TPSA) is 34.5 Å². The van der Waals surface area contributed by atoms with Crippen LogP contribution in [0.2, 0.25) is 0 Å². The molecule has 0 N–H and O–H groups in total. The van der Waals surface area contributed by atoms with Gasteiger partial charge in [0.05, 0.1) is 17.7 Å². The van der Waals surface area contributed by atoms with Crippen molar-refractivity contribution in [3.63, 3.8) is 0 Å². The molecule has 4 heteroatoms. The maximum absolute atomic E-state index is 5.56. The predicted molar refractivity (Wildman–Crippen MR) is 113 cm³/mol. The van der Waals surface area contributed by atoms with Crippen LogP contribution in [-0.4, -0.2) is 18.3 Å². The molecule has 5 rings (SSSR count). The lowest BCUT2D eigenvalue weighted by atomic mass is 9.94. The summed E-state index contributed by atoms with van der Waals surface area (Å²) in [6.07, 6.45) is 3.92. The lowest BCUT2D eigenvalue weighted by molar-refractivity contribution is 0.415. The Kier molecular flexibility index (Phi) is 3.98. The Labute approximate surface area is 162 Å². The van der Waals surface area contributed by atoms with Gasteiger partial charge in [0, 0.05) is 11.8 Å². The number of aryl methyl sites for hydroxylation is 2. The fourth-order valence-electron chi connectivity index (χ4n) is 3.69. The van der Waals surface area contributed by atoms with Crippen LogP contribution in [0.25, 0.3) is 21.2 Å². The number of benzene rings is 3. The van der Waals surface area contributed by atoms with Crippen LogP contribution in [0.15, 0.2) is 65.7 Å². The Morgan fingerprint density at radius 2 is 1.85 bits per heavy atom. The monoisotopic (exact) mass is 370 g/mol. The molecule has 3 nitrogen and oxygen atoms in total. The third-order valence-corrected chi connectivity index (χ3v) is 6.07. The highest BCUT2D eigenvalue weighted by Gasteiger charge is 2.20. The number of aliphatic imine (C=N–C) groups is 1. The molecule has 132 valence electrons. The minimum absolute atomic E-state index is 0.798. The molecule has 1 aliphatic carbocycles. The van der Waals surface area contributed by atoms with E-state index in [-0.39, 0.29) is 0 Å². The van der Waals surface area contributed by atoms with Crippen molar-refractivity contribution in [2.24, 2.45) is 4.99 Å². The Balaban J connectivity index is 1.57. The van der Waals surface area contributed by atoms with Gasteiger partial charge in [-0.15, -0.1) is 0 Å². The molecule has 0 spiro atoms. The highest BCUT2D eigenvalue weighted by atomic mass is 32.1. The van der Waals surface area contributed by atoms with E-state index in [0.717, 1.165) is 40.4 Å². The number of hydrogen-bond acceptors (Lipinski definition) is 4. The zero-order valence-corrected chi connectivity index (χ0v) is 15.8. The second-order valence-corrected chi connectivity index (χ2v) is 7.57. The number of thiazole rings is 1. The van der Waals surface area contributed by atoms with Crippen molar-refractivity contribution in [3.05, 3.63) is 77.5 Å². The molecule has 0 aliphatic heterocycles. The van der Waals surface area contributed by atoms with Gasteiger partial charge in [-0.1, -0.05) is 65.9 Å². The van der Waals surface area contributed by atoms with E-state index in [4.69, 9.17) is 14.7 Å². The second kappa shape index (κ2) is 6.63. The van der Waals surface area contributed by atoms with Crippen LogP contribution >= 0.6 is 11.3 Å². The molecule has 1 heterocycles. The third-order valence-electron chi connectivity index (χ3n) is 5.03. The highest BCUT2D eigenvalue weighted by Crippen LogP contribution is 2.40. The molecule has 0 fully saturated rings. The van der Waals surface area contributed by atoms with Gasteiger partial charge in [-0.3, -0.25) is 0 Å². The lowest BCUT2D eigenvalue weighted by Gasteiger charge is -2.13. The molecule has 4 aromatic rings. The SMILES string of the molecule is COc1ccc2ccccc2c1C=Nc1nc2c(s1)-c1ccccc1CC2. The van der Waals surface area contributed by atoms with Gasteiger partial charge in [-0.05, 0) is 40.8 Å². The van der Waals surface area contributed by atoms with Gasteiger partial charge in [0.15, 0.2) is 0 Å². The van der Waals surface area contributed by atoms with Crippen LogP contribution in [0.1, 0.15) is 16.8 Å². The summed E-state index contributed by atoms with van der Waals surface area (Å²) in [6.45, 7) is 0. The van der Waals surface area contributed by atoms with Crippen molar-refractivity contribution in [1.82, 2.24) is 4.98 Å². The van der Waals surface area contributed by atoms with Gasteiger partial charge in [-0.2, -0.15) is 0 Å². The van der Waals surface area contributed by atoms with E-state index in [1.165, 1.54) is 21.4 Å². The van der Waals surface area contributed by atoms with Crippen molar-refractivity contribution in [2.45, 2.75) is 12.8 Å². The van der Waals surface area contributed by atoms with Crippen LogP contribution in [0.3, 0.4) is 0 Å². The second-order valence-electron chi connectivity index (χ2n) is 6.59. The minimum atomic E-state index is 0.798. The number of methoxy groups -OCH3 is 1. The molecule has 1 aliphatic rings. The number of rotatable bonds is 3. The summed E-state index contributed by atoms with van der Waals surface area (Å²) in [7, 11) is 1.69. The number of aromatic nitrogens is 1. The Bertz CT molecular complexity index is 1180. The maximum Gasteiger partial charge on any atom is 0.209 e. The molecule has 0 saturated heterocycles. The molecule has 0 radical (unpaired) electrons. The number of fused-ring (bicyclic) bond motifs is 4. The first-order valence-corrected chi connectivity index (χ1v) is 9.83. The average Bonchev–Trinajstić information content (AvgIpc) is 3.15. The molecule has 1 aromatic heterocycles. The van der Waals surface area contributed by atoms with Gasteiger partial charge in [-0.25, -0.2) is 9.98 Å². The molecular formula is C23H18N2OS. The maximum atomic E-state index is 5.56. The first-order valence-electron chi connectivity index (χ1n) is 9.01. The van der Waals surface area contributed by atoms with E-state index < -0.39 is 0 Å². The van der Waals surface area contributed by atoms with Crippen LogP contribution in [0, 0.1) is 0 Å². The van der Waals surface area contributed by atoms with Crippen LogP contribution < -0.4 is 4.74 Å². The van der Waals surface area contributed by atoms with E-state index >= 15 is 0 Å². The summed E-state index contributed by atoms with van der Waals surface area (Å²) in [5.41, 5.74) is 4.86. The zero-order chi connectivity index (χ0) is 18.2. The van der Waals surface area contributed by atoms with Gasteiger partial charge in [0.2, 0.25) is 5.13 Å². The summed E-state index contributed by atoms with van der Waals surface area (Å²) in [6, 6.07) is 21.0. The predicted octanol–water partition coefficient (Wildman–Crippen LogP) is 5.82. The van der Waals surface area contributed by atoms with E-state index in [0.29, 0.717) is 0 Å². The molecule has 0 bridgehead atoms. The van der Waals surface area contributed by atoms with E-state index in [1.807, 2.05) is 24.4 Å². The standard InChI is InChI=1S/C23H18N2OS/c1-26-21-13-11-15-6-2-4-8-17(15)19(21)14-24-23-25-20-12-10-16-7-3-5-9-18(16)22(20)27-23/h2-9,11,13-14H,10,12H2,1H3. The normalized spacial score (nSPS) is 12.9. The van der Waals surface area contributed by atoms with E-state index in [1.54, 1.807) is 18.4 Å². The van der Waals surface area contributed by atoms with E-state index in [9.17, 15) is 0 Å². The largest absolute Gasteiger partial charge is 0.496 e. The number of nitrogens with zero attached hydrogens (tertiary/aromatic N) is 2. The fourth-order valence-corrected chi connectivity index (χ4v) is 4.71. The summed E-state index contributed by atoms with van der Waals surface area (Å²) >= 11 is 1.67. The number of ether oxygens (including phenoxy) is 1. The Hall–Kier alpha value is -2.98. The van der Waals surface area contributed by atoms with Crippen molar-refractivity contribution in [2.75, 3.05) is 7.11 Å². The molecule has 0 amide bonds. The molecule has 3 aromatic carbocycles. The summed E-state index contributed by atoms with van der Waals surface area (Å²) in [4.78, 5) is 10.8. The smallest absolute Gasteiger partial charge is 0.209 e. The van der Waals surface area contributed by atoms with E-state index in [2.05, 4.69) is 42.5 Å². The zero-order valence-electron chi connectivity index (χ0n) is 15.0. The van der Waals surface area contributed by atoms with Crippen molar-refractivity contribution in [1.29, 1.82) is 0 Å². The third kappa shape index (κ3) is 2.82. The summed E-state index contributed by atoms with van der Waals surface area (Å²) < 4.78 is 5.56. The number of hydrogen-bond donors (Lipinski definition) is 0. The molecular weight excluding hydrogens is 352 g/mol. The lowest BCUT2D eigenvalue weighted by Crippen LogP contribution is -2.01. The minimum Gasteiger partial charge on any atom is -0.496 e. The Morgan fingerprint density at radius 1 is 1.00 bits per heavy atom. The molecule has 0 unspecified atom stereocenters. The fraction of sp³-hybridized carbons (Fsp3) is 0.130. The van der Waals surface area contributed by atoms with Gasteiger partial charge in [0.25, 0.3) is 0 Å². The molecule has 0 saturated carbocycles. The van der Waals surface area contributed by atoms with Crippen molar-refractivity contribution >= 4 is 33.5 Å². The van der Waals surface area contributed by atoms with Crippen molar-refractivity contribution < 1.29 is 4.74 Å². The van der Waals surface area contributed by atoms with Gasteiger partial charge >= 0.3 is 0 Å². The van der Waals surface area contributed by atoms with Crippen LogP contribution in [0.5, 0.6) is 5.75 Å². The first-order chi connectivity index (χ1) is 13.3. The Morgan fingerprint density at radius 3 is 2.78 bits per heavy atom. The molecule has 0 atom stereocenters. The quantitative estimate of drug-likeness (QED) is 0.426. The average molecular weight is 370 g/mol. The summed E-state index contributed by atoms with van der Waals surface area (Å²) in [5.74, 6) is 0.823. The van der Waals surface area contributed by atoms with Crippen molar-refractivity contribution in [3.8, 4) is 16.2 Å². The first kappa shape index (κ1) is 16.2. The van der Waals surface area contributed by atoms with Crippen LogP contribution in [-0.2, 0) is 12.8 Å².